The molecular weight excluding hydrogens is 264 g/mol. The first-order valence-electron chi connectivity index (χ1n) is 5.79. The molecule has 0 aromatic heterocycles. The number of carbonyl (C=O) groups excluding carboxylic acids is 1. The fourth-order valence-electron chi connectivity index (χ4n) is 1.58. The van der Waals surface area contributed by atoms with Crippen molar-refractivity contribution < 1.29 is 14.3 Å². The molecule has 0 atom stereocenters. The molecule has 0 aliphatic heterocycles. The van der Waals surface area contributed by atoms with Crippen LogP contribution in [0.15, 0.2) is 48.5 Å². The highest BCUT2D eigenvalue weighted by atomic mass is 35.5. The van der Waals surface area contributed by atoms with Crippen molar-refractivity contribution in [3.8, 4) is 5.75 Å². The lowest BCUT2D eigenvalue weighted by Gasteiger charge is -2.09. The molecule has 0 fully saturated rings. The van der Waals surface area contributed by atoms with Gasteiger partial charge in [-0.3, -0.25) is 4.79 Å². The summed E-state index contributed by atoms with van der Waals surface area (Å²) >= 11 is 5.79. The van der Waals surface area contributed by atoms with E-state index in [4.69, 9.17) is 21.1 Å². The first-order chi connectivity index (χ1) is 9.29. The number of benzene rings is 2. The zero-order valence-electron chi connectivity index (χ0n) is 10.2. The molecule has 0 bridgehead atoms. The molecule has 0 spiro atoms. The number of halogens is 1. The smallest absolute Gasteiger partial charge is 0.189 e. The van der Waals surface area contributed by atoms with Gasteiger partial charge >= 0.3 is 0 Å². The largest absolute Gasteiger partial charge is 0.467 e. The number of hydrogen-bond acceptors (Lipinski definition) is 3. The summed E-state index contributed by atoms with van der Waals surface area (Å²) in [4.78, 5) is 10.9. The molecule has 2 aromatic rings. The van der Waals surface area contributed by atoms with E-state index in [1.807, 2.05) is 30.3 Å². The topological polar surface area (TPSA) is 35.5 Å². The average Bonchev–Trinajstić information content (AvgIpc) is 2.46. The lowest BCUT2D eigenvalue weighted by atomic mass is 10.2. The van der Waals surface area contributed by atoms with Gasteiger partial charge in [0.05, 0.1) is 12.2 Å². The molecule has 0 saturated carbocycles. The Morgan fingerprint density at radius 2 is 1.89 bits per heavy atom. The van der Waals surface area contributed by atoms with Gasteiger partial charge in [-0.1, -0.05) is 41.9 Å². The SMILES string of the molecule is O=Cc1cc(Cl)ccc1OCOCc1ccccc1. The summed E-state index contributed by atoms with van der Waals surface area (Å²) in [6.45, 7) is 0.544. The van der Waals surface area contributed by atoms with Crippen LogP contribution in [0.4, 0.5) is 0 Å². The molecule has 2 aromatic carbocycles. The van der Waals surface area contributed by atoms with Gasteiger partial charge in [0.1, 0.15) is 5.75 Å². The second-order valence-corrected chi connectivity index (χ2v) is 4.33. The Balaban J connectivity index is 1.84. The zero-order chi connectivity index (χ0) is 13.5. The van der Waals surface area contributed by atoms with Gasteiger partial charge in [-0.05, 0) is 23.8 Å². The van der Waals surface area contributed by atoms with E-state index in [2.05, 4.69) is 0 Å². The Kier molecular flexibility index (Phi) is 4.95. The fourth-order valence-corrected chi connectivity index (χ4v) is 1.76. The van der Waals surface area contributed by atoms with Crippen molar-refractivity contribution >= 4 is 17.9 Å². The van der Waals surface area contributed by atoms with Crippen LogP contribution in [-0.4, -0.2) is 13.1 Å². The van der Waals surface area contributed by atoms with Crippen LogP contribution in [0.25, 0.3) is 0 Å². The number of rotatable bonds is 6. The third-order valence-electron chi connectivity index (χ3n) is 2.51. The predicted octanol–water partition coefficient (Wildman–Crippen LogP) is 3.71. The highest BCUT2D eigenvalue weighted by Crippen LogP contribution is 2.21. The first kappa shape index (κ1) is 13.6. The maximum absolute atomic E-state index is 10.9. The van der Waals surface area contributed by atoms with Crippen molar-refractivity contribution in [2.45, 2.75) is 6.61 Å². The van der Waals surface area contributed by atoms with Crippen molar-refractivity contribution in [2.24, 2.45) is 0 Å². The minimum atomic E-state index is 0.0807. The molecule has 98 valence electrons. The maximum atomic E-state index is 10.9. The molecular formula is C15H13ClO3. The van der Waals surface area contributed by atoms with Crippen LogP contribution >= 0.6 is 11.6 Å². The van der Waals surface area contributed by atoms with E-state index in [0.717, 1.165) is 5.56 Å². The number of aldehydes is 1. The molecule has 2 rings (SSSR count). The molecule has 3 nitrogen and oxygen atoms in total. The maximum Gasteiger partial charge on any atom is 0.189 e. The van der Waals surface area contributed by atoms with E-state index < -0.39 is 0 Å². The Hall–Kier alpha value is -1.84. The minimum Gasteiger partial charge on any atom is -0.467 e. The summed E-state index contributed by atoms with van der Waals surface area (Å²) in [6, 6.07) is 14.7. The zero-order valence-corrected chi connectivity index (χ0v) is 11.0. The standard InChI is InChI=1S/C15H13ClO3/c16-14-6-7-15(13(8-14)9-17)19-11-18-10-12-4-2-1-3-5-12/h1-9H,10-11H2. The normalized spacial score (nSPS) is 10.2. The van der Waals surface area contributed by atoms with Gasteiger partial charge in [0.2, 0.25) is 0 Å². The van der Waals surface area contributed by atoms with Gasteiger partial charge in [-0.2, -0.15) is 0 Å². The third-order valence-corrected chi connectivity index (χ3v) is 2.74. The van der Waals surface area contributed by atoms with Gasteiger partial charge in [0, 0.05) is 5.02 Å². The monoisotopic (exact) mass is 276 g/mol. The Labute approximate surface area is 116 Å². The van der Waals surface area contributed by atoms with Crippen LogP contribution in [-0.2, 0) is 11.3 Å². The predicted molar refractivity (Wildman–Crippen MR) is 73.6 cm³/mol. The molecule has 0 heterocycles. The summed E-state index contributed by atoms with van der Waals surface area (Å²) in [5, 5.41) is 0.500. The van der Waals surface area contributed by atoms with Crippen LogP contribution in [0.3, 0.4) is 0 Å². The third kappa shape index (κ3) is 4.09. The van der Waals surface area contributed by atoms with Crippen molar-refractivity contribution in [1.82, 2.24) is 0 Å². The first-order valence-corrected chi connectivity index (χ1v) is 6.16. The average molecular weight is 277 g/mol. The number of carbonyl (C=O) groups is 1. The molecule has 0 unspecified atom stereocenters. The van der Waals surface area contributed by atoms with E-state index in [1.54, 1.807) is 18.2 Å². The Morgan fingerprint density at radius 1 is 1.11 bits per heavy atom. The molecule has 4 heteroatoms. The van der Waals surface area contributed by atoms with Crippen molar-refractivity contribution in [2.75, 3.05) is 6.79 Å². The molecule has 0 aliphatic rings. The molecule has 0 N–H and O–H groups in total. The Bertz CT molecular complexity index is 540. The van der Waals surface area contributed by atoms with Crippen LogP contribution in [0.2, 0.25) is 5.02 Å². The summed E-state index contributed by atoms with van der Waals surface area (Å²) in [5.74, 6) is 0.465. The van der Waals surface area contributed by atoms with E-state index in [-0.39, 0.29) is 6.79 Å². The fraction of sp³-hybridized carbons (Fsp3) is 0.133. The van der Waals surface area contributed by atoms with Crippen molar-refractivity contribution in [3.05, 3.63) is 64.7 Å². The summed E-state index contributed by atoms with van der Waals surface area (Å²) in [6.07, 6.45) is 0.707. The molecule has 0 saturated heterocycles. The van der Waals surface area contributed by atoms with Gasteiger partial charge in [-0.15, -0.1) is 0 Å². The van der Waals surface area contributed by atoms with E-state index in [1.165, 1.54) is 0 Å². The minimum absolute atomic E-state index is 0.0807. The van der Waals surface area contributed by atoms with Gasteiger partial charge in [-0.25, -0.2) is 0 Å². The van der Waals surface area contributed by atoms with Gasteiger partial charge in [0.15, 0.2) is 13.1 Å². The second kappa shape index (κ2) is 6.92. The van der Waals surface area contributed by atoms with Crippen LogP contribution < -0.4 is 4.74 Å². The quantitative estimate of drug-likeness (QED) is 0.458. The lowest BCUT2D eigenvalue weighted by Crippen LogP contribution is -2.04. The van der Waals surface area contributed by atoms with Crippen LogP contribution in [0.1, 0.15) is 15.9 Å². The Morgan fingerprint density at radius 3 is 2.63 bits per heavy atom. The highest BCUT2D eigenvalue weighted by Gasteiger charge is 2.03. The van der Waals surface area contributed by atoms with E-state index in [9.17, 15) is 4.79 Å². The summed E-state index contributed by atoms with van der Waals surface area (Å²) < 4.78 is 10.8. The molecule has 19 heavy (non-hydrogen) atoms. The molecule has 0 amide bonds. The molecule has 0 aliphatic carbocycles. The van der Waals surface area contributed by atoms with Crippen LogP contribution in [0.5, 0.6) is 5.75 Å². The van der Waals surface area contributed by atoms with E-state index >= 15 is 0 Å². The lowest BCUT2D eigenvalue weighted by molar-refractivity contribution is 0.00478. The number of hydrogen-bond donors (Lipinski definition) is 0. The number of ether oxygens (including phenoxy) is 2. The second-order valence-electron chi connectivity index (χ2n) is 3.90. The van der Waals surface area contributed by atoms with Gasteiger partial charge < -0.3 is 9.47 Å². The van der Waals surface area contributed by atoms with Crippen molar-refractivity contribution in [3.63, 3.8) is 0 Å². The summed E-state index contributed by atoms with van der Waals surface area (Å²) in [7, 11) is 0. The highest BCUT2D eigenvalue weighted by molar-refractivity contribution is 6.30. The molecule has 0 radical (unpaired) electrons. The van der Waals surface area contributed by atoms with Gasteiger partial charge in [0.25, 0.3) is 0 Å². The van der Waals surface area contributed by atoms with Crippen LogP contribution in [0, 0.1) is 0 Å². The summed E-state index contributed by atoms with van der Waals surface area (Å²) in [5.41, 5.74) is 1.48. The van der Waals surface area contributed by atoms with Crippen molar-refractivity contribution in [1.29, 1.82) is 0 Å². The van der Waals surface area contributed by atoms with E-state index in [0.29, 0.717) is 29.2 Å².